The van der Waals surface area contributed by atoms with Gasteiger partial charge in [0.05, 0.1) is 0 Å². The molecule has 2 aromatic rings. The number of hydrogen-bond acceptors (Lipinski definition) is 2. The Labute approximate surface area is 152 Å². The molecule has 6 heteroatoms. The van der Waals surface area contributed by atoms with Crippen molar-refractivity contribution >= 4 is 41.4 Å². The van der Waals surface area contributed by atoms with Crippen LogP contribution in [0.2, 0.25) is 10.0 Å². The van der Waals surface area contributed by atoms with E-state index in [9.17, 15) is 0 Å². The summed E-state index contributed by atoms with van der Waals surface area (Å²) in [5, 5.41) is 1.48. The van der Waals surface area contributed by atoms with E-state index in [1.54, 1.807) is 0 Å². The number of halogens is 3. The van der Waals surface area contributed by atoms with Crippen LogP contribution in [-0.2, 0) is 6.42 Å². The van der Waals surface area contributed by atoms with Crippen molar-refractivity contribution in [1.29, 1.82) is 0 Å². The topological polar surface area (TPSA) is 47.1 Å². The number of rotatable bonds is 1. The third-order valence-corrected chi connectivity index (χ3v) is 4.22. The molecule has 3 rings (SSSR count). The van der Waals surface area contributed by atoms with Crippen molar-refractivity contribution in [3.05, 3.63) is 69.2 Å². The van der Waals surface area contributed by atoms with Crippen LogP contribution in [0.4, 0.5) is 0 Å². The molecule has 2 N–H and O–H groups in total. The van der Waals surface area contributed by atoms with Gasteiger partial charge in [0.15, 0.2) is 0 Å². The van der Waals surface area contributed by atoms with Crippen molar-refractivity contribution in [1.82, 2.24) is 4.90 Å². The van der Waals surface area contributed by atoms with Gasteiger partial charge in [-0.15, -0.1) is 12.4 Å². The minimum absolute atomic E-state index is 0. The van der Waals surface area contributed by atoms with Crippen LogP contribution in [0.25, 0.3) is 0 Å². The molecule has 0 fully saturated rings. The quantitative estimate of drug-likeness (QED) is 0.739. The Balaban J connectivity index is 0.00000132. The van der Waals surface area contributed by atoms with Crippen LogP contribution in [-0.4, -0.2) is 30.3 Å². The molecular formula is C17H19Cl3N2O. The van der Waals surface area contributed by atoms with Gasteiger partial charge in [-0.25, -0.2) is 0 Å². The largest absolute Gasteiger partial charge is 0.412 e. The highest BCUT2D eigenvalue weighted by Crippen LogP contribution is 2.35. The lowest BCUT2D eigenvalue weighted by Crippen LogP contribution is -2.28. The lowest BCUT2D eigenvalue weighted by atomic mass is 9.90. The first-order valence-electron chi connectivity index (χ1n) is 6.82. The molecule has 0 saturated heterocycles. The van der Waals surface area contributed by atoms with Gasteiger partial charge in [-0.1, -0.05) is 41.4 Å². The molecule has 0 aromatic heterocycles. The maximum atomic E-state index is 6.17. The van der Waals surface area contributed by atoms with Crippen LogP contribution < -0.4 is 0 Å². The van der Waals surface area contributed by atoms with Crippen LogP contribution in [0, 0.1) is 0 Å². The summed E-state index contributed by atoms with van der Waals surface area (Å²) in [6.07, 6.45) is 0.837. The van der Waals surface area contributed by atoms with E-state index in [0.717, 1.165) is 27.9 Å². The SMILES string of the molecule is CN(C)C1=NC(c2ccc(Cl)cc2)c2cc(Cl)ccc2C1.Cl.O. The second kappa shape index (κ2) is 8.02. The van der Waals surface area contributed by atoms with Gasteiger partial charge in [-0.3, -0.25) is 4.99 Å². The first kappa shape index (κ1) is 19.8. The molecule has 0 amide bonds. The van der Waals surface area contributed by atoms with Crippen LogP contribution in [0.5, 0.6) is 0 Å². The van der Waals surface area contributed by atoms with Gasteiger partial charge in [0, 0.05) is 30.6 Å². The predicted molar refractivity (Wildman–Crippen MR) is 100 cm³/mol. The number of likely N-dealkylation sites (N-methyl/N-ethyl adjacent to an activating group) is 1. The normalized spacial score (nSPS) is 15.7. The monoisotopic (exact) mass is 372 g/mol. The van der Waals surface area contributed by atoms with E-state index >= 15 is 0 Å². The van der Waals surface area contributed by atoms with Crippen molar-refractivity contribution in [2.75, 3.05) is 14.1 Å². The van der Waals surface area contributed by atoms with Gasteiger partial charge in [0.25, 0.3) is 0 Å². The smallest absolute Gasteiger partial charge is 0.104 e. The average Bonchev–Trinajstić information content (AvgIpc) is 2.47. The molecular weight excluding hydrogens is 355 g/mol. The molecule has 0 saturated carbocycles. The van der Waals surface area contributed by atoms with Crippen LogP contribution in [0.1, 0.15) is 22.7 Å². The summed E-state index contributed by atoms with van der Waals surface area (Å²) in [5.41, 5.74) is 3.58. The van der Waals surface area contributed by atoms with Crippen molar-refractivity contribution in [2.24, 2.45) is 4.99 Å². The fourth-order valence-electron chi connectivity index (χ4n) is 2.59. The molecule has 124 valence electrons. The van der Waals surface area contributed by atoms with E-state index in [1.165, 1.54) is 11.1 Å². The number of aliphatic imine (C=N–C) groups is 1. The molecule has 2 aromatic carbocycles. The maximum Gasteiger partial charge on any atom is 0.104 e. The first-order chi connectivity index (χ1) is 10.0. The highest BCUT2D eigenvalue weighted by atomic mass is 35.5. The van der Waals surface area contributed by atoms with E-state index in [0.29, 0.717) is 0 Å². The number of fused-ring (bicyclic) bond motifs is 1. The van der Waals surface area contributed by atoms with Crippen LogP contribution >= 0.6 is 35.6 Å². The molecule has 3 nitrogen and oxygen atoms in total. The van der Waals surface area contributed by atoms with E-state index in [-0.39, 0.29) is 23.9 Å². The second-order valence-electron chi connectivity index (χ2n) is 5.41. The third kappa shape index (κ3) is 4.18. The molecule has 1 aliphatic heterocycles. The molecule has 1 atom stereocenters. The fourth-order valence-corrected chi connectivity index (χ4v) is 2.90. The fraction of sp³-hybridized carbons (Fsp3) is 0.235. The Morgan fingerprint density at radius 2 is 1.61 bits per heavy atom. The Hall–Kier alpha value is -1.26. The second-order valence-corrected chi connectivity index (χ2v) is 6.29. The van der Waals surface area contributed by atoms with Gasteiger partial charge in [-0.05, 0) is 41.0 Å². The molecule has 23 heavy (non-hydrogen) atoms. The zero-order valence-electron chi connectivity index (χ0n) is 12.9. The number of hydrogen-bond donors (Lipinski definition) is 0. The molecule has 1 unspecified atom stereocenters. The van der Waals surface area contributed by atoms with Crippen LogP contribution in [0.3, 0.4) is 0 Å². The summed E-state index contributed by atoms with van der Waals surface area (Å²) in [5.74, 6) is 1.07. The average molecular weight is 374 g/mol. The van der Waals surface area contributed by atoms with E-state index in [4.69, 9.17) is 28.2 Å². The van der Waals surface area contributed by atoms with E-state index < -0.39 is 0 Å². The first-order valence-corrected chi connectivity index (χ1v) is 7.58. The summed E-state index contributed by atoms with van der Waals surface area (Å²) >= 11 is 12.2. The minimum atomic E-state index is -0.0258. The van der Waals surface area contributed by atoms with Crippen molar-refractivity contribution in [3.8, 4) is 0 Å². The zero-order chi connectivity index (χ0) is 15.0. The molecule has 0 bridgehead atoms. The lowest BCUT2D eigenvalue weighted by Gasteiger charge is -2.28. The van der Waals surface area contributed by atoms with Gasteiger partial charge in [0.2, 0.25) is 0 Å². The van der Waals surface area contributed by atoms with Crippen molar-refractivity contribution in [3.63, 3.8) is 0 Å². The van der Waals surface area contributed by atoms with Crippen molar-refractivity contribution < 1.29 is 5.48 Å². The summed E-state index contributed by atoms with van der Waals surface area (Å²) < 4.78 is 0. The van der Waals surface area contributed by atoms with Crippen LogP contribution in [0.15, 0.2) is 47.5 Å². The Bertz CT molecular complexity index is 699. The van der Waals surface area contributed by atoms with Crippen molar-refractivity contribution in [2.45, 2.75) is 12.5 Å². The molecule has 0 aliphatic carbocycles. The number of nitrogens with zero attached hydrogens (tertiary/aromatic N) is 2. The molecule has 1 heterocycles. The Morgan fingerprint density at radius 1 is 1.00 bits per heavy atom. The highest BCUT2D eigenvalue weighted by molar-refractivity contribution is 6.31. The molecule has 0 spiro atoms. The Morgan fingerprint density at radius 3 is 2.22 bits per heavy atom. The zero-order valence-corrected chi connectivity index (χ0v) is 15.2. The predicted octanol–water partition coefficient (Wildman–Crippen LogP) is 4.20. The molecule has 0 radical (unpaired) electrons. The van der Waals surface area contributed by atoms with E-state index in [2.05, 4.69) is 11.0 Å². The summed E-state index contributed by atoms with van der Waals surface area (Å²) in [7, 11) is 4.05. The van der Waals surface area contributed by atoms with E-state index in [1.807, 2.05) is 50.5 Å². The molecule has 1 aliphatic rings. The number of benzene rings is 2. The minimum Gasteiger partial charge on any atom is -0.412 e. The maximum absolute atomic E-state index is 6.17. The summed E-state index contributed by atoms with van der Waals surface area (Å²) in [4.78, 5) is 6.97. The number of amidine groups is 1. The highest BCUT2D eigenvalue weighted by Gasteiger charge is 2.24. The summed E-state index contributed by atoms with van der Waals surface area (Å²) in [6.45, 7) is 0. The third-order valence-electron chi connectivity index (χ3n) is 3.73. The van der Waals surface area contributed by atoms with Gasteiger partial charge >= 0.3 is 0 Å². The van der Waals surface area contributed by atoms with Gasteiger partial charge < -0.3 is 10.4 Å². The standard InChI is InChI=1S/C17H16Cl2N2.ClH.H2O/c1-21(2)16-9-12-5-8-14(19)10-15(12)17(20-16)11-3-6-13(18)7-4-11;;/h3-8,10,17H,9H2,1-2H3;1H;1H2. The Kier molecular flexibility index (Phi) is 6.90. The van der Waals surface area contributed by atoms with Gasteiger partial charge in [0.1, 0.15) is 11.9 Å². The summed E-state index contributed by atoms with van der Waals surface area (Å²) in [6, 6.07) is 13.9. The van der Waals surface area contributed by atoms with Gasteiger partial charge in [-0.2, -0.15) is 0 Å². The lowest BCUT2D eigenvalue weighted by molar-refractivity contribution is 0.592.